The van der Waals surface area contributed by atoms with Gasteiger partial charge in [0.2, 0.25) is 0 Å². The van der Waals surface area contributed by atoms with Crippen LogP contribution < -0.4 is 4.89 Å². The molecule has 0 fully saturated rings. The summed E-state index contributed by atoms with van der Waals surface area (Å²) in [7, 11) is 1.33. The van der Waals surface area contributed by atoms with E-state index in [1.807, 2.05) is 27.2 Å². The highest BCUT2D eigenvalue weighted by Crippen LogP contribution is 2.38. The minimum Gasteiger partial charge on any atom is -0.756 e. The molecule has 0 saturated carbocycles. The number of phosphoric acid groups is 1. The zero-order valence-corrected chi connectivity index (χ0v) is 32.4. The van der Waals surface area contributed by atoms with Gasteiger partial charge in [-0.05, 0) is 25.3 Å². The second-order valence-corrected chi connectivity index (χ2v) is 15.8. The smallest absolute Gasteiger partial charge is 0.306 e. The maximum atomic E-state index is 12.6. The molecule has 2 atom stereocenters. The molecular formula is C38H76NO7P. The highest BCUT2D eigenvalue weighted by molar-refractivity contribution is 7.45. The quantitative estimate of drug-likeness (QED) is 0.0212. The number of hydrogen-bond donors (Lipinski definition) is 0. The van der Waals surface area contributed by atoms with Crippen LogP contribution in [0.4, 0.5) is 0 Å². The third-order valence-corrected chi connectivity index (χ3v) is 9.38. The standard InChI is InChI=1S/C38H76NO7P/c1-6-8-10-12-14-16-18-19-20-22-24-26-28-30-33-43-35-37(36-45-47(41,42)44-34-32-39(3,4)5)46-38(40)31-29-27-25-23-21-17-15-13-11-9-7-2/h30,33,37H,6-29,31-32,34-36H2,1-5H3/b33-30-/t37-/m1/s1. The summed E-state index contributed by atoms with van der Waals surface area (Å²) in [6, 6.07) is 0. The minimum absolute atomic E-state index is 0.0198. The van der Waals surface area contributed by atoms with Gasteiger partial charge in [-0.2, -0.15) is 0 Å². The number of carbonyl (C=O) groups is 1. The summed E-state index contributed by atoms with van der Waals surface area (Å²) in [6.45, 7) is 4.73. The van der Waals surface area contributed by atoms with E-state index >= 15 is 0 Å². The van der Waals surface area contributed by atoms with Crippen LogP contribution in [0.3, 0.4) is 0 Å². The molecule has 0 saturated heterocycles. The van der Waals surface area contributed by atoms with Gasteiger partial charge in [0, 0.05) is 6.42 Å². The van der Waals surface area contributed by atoms with E-state index < -0.39 is 13.9 Å². The predicted octanol–water partition coefficient (Wildman–Crippen LogP) is 10.4. The Bertz CT molecular complexity index is 772. The monoisotopic (exact) mass is 690 g/mol. The van der Waals surface area contributed by atoms with E-state index in [2.05, 4.69) is 13.8 Å². The number of quaternary nitrogens is 1. The van der Waals surface area contributed by atoms with Crippen LogP contribution in [0.25, 0.3) is 0 Å². The Kier molecular flexibility index (Phi) is 31.7. The number of hydrogen-bond acceptors (Lipinski definition) is 7. The van der Waals surface area contributed by atoms with Gasteiger partial charge in [0.15, 0.2) is 6.10 Å². The Morgan fingerprint density at radius 3 is 1.57 bits per heavy atom. The van der Waals surface area contributed by atoms with Crippen LogP contribution in [-0.2, 0) is 27.9 Å². The SMILES string of the molecule is CCCCCCCCCCCCCC/C=C\OC[C@H](COP(=O)([O-])OCC[N+](C)(C)C)OC(=O)CCCCCCCCCCCCC. The molecule has 0 aliphatic rings. The first-order valence-electron chi connectivity index (χ1n) is 19.5. The number of nitrogens with zero attached hydrogens (tertiary/aromatic N) is 1. The summed E-state index contributed by atoms with van der Waals surface area (Å²) in [5.41, 5.74) is 0. The molecule has 0 heterocycles. The fourth-order valence-corrected chi connectivity index (χ4v) is 6.06. The number of rotatable bonds is 36. The van der Waals surface area contributed by atoms with Crippen LogP contribution in [0.1, 0.15) is 174 Å². The van der Waals surface area contributed by atoms with Gasteiger partial charge in [-0.3, -0.25) is 9.36 Å². The molecule has 0 aromatic heterocycles. The summed E-state index contributed by atoms with van der Waals surface area (Å²) in [6.07, 6.45) is 33.1. The zero-order valence-electron chi connectivity index (χ0n) is 31.5. The van der Waals surface area contributed by atoms with Crippen LogP contribution in [0.2, 0.25) is 0 Å². The lowest BCUT2D eigenvalue weighted by molar-refractivity contribution is -0.870. The Balaban J connectivity index is 4.33. The predicted molar refractivity (Wildman–Crippen MR) is 194 cm³/mol. The Morgan fingerprint density at radius 2 is 1.11 bits per heavy atom. The lowest BCUT2D eigenvalue weighted by atomic mass is 10.0. The van der Waals surface area contributed by atoms with Gasteiger partial charge in [0.25, 0.3) is 7.82 Å². The van der Waals surface area contributed by atoms with Crippen molar-refractivity contribution in [1.29, 1.82) is 0 Å². The van der Waals surface area contributed by atoms with Gasteiger partial charge < -0.3 is 27.9 Å². The fourth-order valence-electron chi connectivity index (χ4n) is 5.33. The van der Waals surface area contributed by atoms with Crippen molar-refractivity contribution in [2.45, 2.75) is 180 Å². The zero-order chi connectivity index (χ0) is 34.9. The maximum absolute atomic E-state index is 12.6. The first-order chi connectivity index (χ1) is 22.6. The third kappa shape index (κ3) is 36.2. The van der Waals surface area contributed by atoms with Gasteiger partial charge in [-0.25, -0.2) is 0 Å². The van der Waals surface area contributed by atoms with Gasteiger partial charge >= 0.3 is 5.97 Å². The van der Waals surface area contributed by atoms with Crippen LogP contribution in [0, 0.1) is 0 Å². The summed E-state index contributed by atoms with van der Waals surface area (Å²) < 4.78 is 34.2. The van der Waals surface area contributed by atoms with Crippen molar-refractivity contribution >= 4 is 13.8 Å². The molecule has 9 heteroatoms. The second-order valence-electron chi connectivity index (χ2n) is 14.4. The highest BCUT2D eigenvalue weighted by atomic mass is 31.2. The number of ether oxygens (including phenoxy) is 2. The van der Waals surface area contributed by atoms with Gasteiger partial charge in [-0.1, -0.05) is 149 Å². The maximum Gasteiger partial charge on any atom is 0.306 e. The molecule has 1 unspecified atom stereocenters. The van der Waals surface area contributed by atoms with E-state index in [-0.39, 0.29) is 25.8 Å². The molecule has 0 spiro atoms. The lowest BCUT2D eigenvalue weighted by Crippen LogP contribution is -2.37. The van der Waals surface area contributed by atoms with Gasteiger partial charge in [-0.15, -0.1) is 0 Å². The Hall–Kier alpha value is -0.920. The Labute approximate surface area is 290 Å². The van der Waals surface area contributed by atoms with Crippen LogP contribution in [0.5, 0.6) is 0 Å². The van der Waals surface area contributed by atoms with Crippen molar-refractivity contribution in [2.24, 2.45) is 0 Å². The second kappa shape index (κ2) is 32.3. The molecule has 0 aliphatic heterocycles. The molecule has 0 rings (SSSR count). The summed E-state index contributed by atoms with van der Waals surface area (Å²) in [5, 5.41) is 0. The number of esters is 1. The number of unbranched alkanes of at least 4 members (excludes halogenated alkanes) is 22. The number of phosphoric ester groups is 1. The molecule has 47 heavy (non-hydrogen) atoms. The van der Waals surface area contributed by atoms with E-state index in [0.29, 0.717) is 17.4 Å². The van der Waals surface area contributed by atoms with Crippen molar-refractivity contribution in [2.75, 3.05) is 47.5 Å². The summed E-state index contributed by atoms with van der Waals surface area (Å²) in [5.74, 6) is -0.356. The van der Waals surface area contributed by atoms with Crippen LogP contribution in [-0.4, -0.2) is 64.1 Å². The average molecular weight is 690 g/mol. The molecule has 0 amide bonds. The lowest BCUT2D eigenvalue weighted by Gasteiger charge is -2.28. The first-order valence-corrected chi connectivity index (χ1v) is 20.9. The van der Waals surface area contributed by atoms with Crippen molar-refractivity contribution < 1.29 is 37.3 Å². The van der Waals surface area contributed by atoms with E-state index in [9.17, 15) is 14.3 Å². The van der Waals surface area contributed by atoms with Gasteiger partial charge in [0.05, 0.1) is 34.0 Å². The minimum atomic E-state index is -4.52. The van der Waals surface area contributed by atoms with E-state index in [1.165, 1.54) is 122 Å². The number of allylic oxidation sites excluding steroid dienone is 1. The Morgan fingerprint density at radius 1 is 0.660 bits per heavy atom. The number of carbonyl (C=O) groups excluding carboxylic acids is 1. The third-order valence-electron chi connectivity index (χ3n) is 8.41. The normalized spacial score (nSPS) is 14.0. The van der Waals surface area contributed by atoms with E-state index in [4.69, 9.17) is 18.5 Å². The van der Waals surface area contributed by atoms with Gasteiger partial charge in [0.1, 0.15) is 19.8 Å². The van der Waals surface area contributed by atoms with Crippen molar-refractivity contribution in [3.05, 3.63) is 12.3 Å². The topological polar surface area (TPSA) is 94.1 Å². The molecular weight excluding hydrogens is 613 g/mol. The number of likely N-dealkylation sites (N-methyl/N-ethyl adjacent to an activating group) is 1. The average Bonchev–Trinajstić information content (AvgIpc) is 3.01. The molecule has 0 bridgehead atoms. The molecule has 0 aromatic rings. The fraction of sp³-hybridized carbons (Fsp3) is 0.921. The largest absolute Gasteiger partial charge is 0.756 e. The van der Waals surface area contributed by atoms with Crippen molar-refractivity contribution in [3.8, 4) is 0 Å². The molecule has 0 N–H and O–H groups in total. The van der Waals surface area contributed by atoms with E-state index in [1.54, 1.807) is 6.26 Å². The van der Waals surface area contributed by atoms with Crippen LogP contribution in [0.15, 0.2) is 12.3 Å². The van der Waals surface area contributed by atoms with E-state index in [0.717, 1.165) is 32.1 Å². The molecule has 0 aliphatic carbocycles. The van der Waals surface area contributed by atoms with Crippen LogP contribution >= 0.6 is 7.82 Å². The molecule has 0 radical (unpaired) electrons. The summed E-state index contributed by atoms with van der Waals surface area (Å²) in [4.78, 5) is 24.9. The highest BCUT2D eigenvalue weighted by Gasteiger charge is 2.20. The van der Waals surface area contributed by atoms with Crippen molar-refractivity contribution in [3.63, 3.8) is 0 Å². The first kappa shape index (κ1) is 46.1. The molecule has 8 nitrogen and oxygen atoms in total. The van der Waals surface area contributed by atoms with Crippen molar-refractivity contribution in [1.82, 2.24) is 0 Å². The molecule has 280 valence electrons. The summed E-state index contributed by atoms with van der Waals surface area (Å²) >= 11 is 0. The molecule has 0 aromatic carbocycles.